The minimum atomic E-state index is -4.55. The molecule has 2 aromatic rings. The summed E-state index contributed by atoms with van der Waals surface area (Å²) in [7, 11) is -3.71. The Morgan fingerprint density at radius 1 is 1.20 bits per heavy atom. The lowest BCUT2D eigenvalue weighted by Gasteiger charge is -2.10. The molecular weight excluding hydrogens is 359 g/mol. The van der Waals surface area contributed by atoms with Gasteiger partial charge in [-0.1, -0.05) is 6.92 Å². The number of hydrogen-bond acceptors (Lipinski definition) is 5. The van der Waals surface area contributed by atoms with E-state index in [0.29, 0.717) is 11.8 Å². The number of halogens is 3. The fourth-order valence-corrected chi connectivity index (χ4v) is 3.03. The van der Waals surface area contributed by atoms with Gasteiger partial charge in [-0.25, -0.2) is 18.4 Å². The topological polar surface area (TPSA) is 89.0 Å². The number of pyridine rings is 2. The third-order valence-electron chi connectivity index (χ3n) is 3.25. The summed E-state index contributed by atoms with van der Waals surface area (Å²) in [6.07, 6.45) is -2.65. The van der Waals surface area contributed by atoms with Crippen LogP contribution >= 0.6 is 0 Å². The van der Waals surface area contributed by atoms with E-state index >= 15 is 0 Å². The molecule has 0 bridgehead atoms. The van der Waals surface area contributed by atoms with Crippen molar-refractivity contribution in [3.63, 3.8) is 0 Å². The van der Waals surface area contributed by atoms with Crippen molar-refractivity contribution in [1.82, 2.24) is 9.97 Å². The summed E-state index contributed by atoms with van der Waals surface area (Å²) >= 11 is 0. The number of amides is 1. The number of sulfone groups is 1. The summed E-state index contributed by atoms with van der Waals surface area (Å²) in [4.78, 5) is 19.4. The van der Waals surface area contributed by atoms with Crippen LogP contribution in [0.5, 0.6) is 0 Å². The van der Waals surface area contributed by atoms with Gasteiger partial charge in [-0.2, -0.15) is 13.2 Å². The number of alkyl halides is 3. The lowest BCUT2D eigenvalue weighted by Crippen LogP contribution is -2.20. The quantitative estimate of drug-likeness (QED) is 0.890. The van der Waals surface area contributed by atoms with Crippen molar-refractivity contribution < 1.29 is 26.4 Å². The first-order valence-corrected chi connectivity index (χ1v) is 8.74. The molecule has 1 amide bonds. The van der Waals surface area contributed by atoms with E-state index in [2.05, 4.69) is 15.3 Å². The number of nitrogens with zero attached hydrogens (tertiary/aromatic N) is 2. The molecule has 0 radical (unpaired) electrons. The molecule has 0 unspecified atom stereocenters. The molecule has 0 saturated heterocycles. The number of carbonyl (C=O) groups excluding carboxylic acids is 1. The summed E-state index contributed by atoms with van der Waals surface area (Å²) in [5.41, 5.74) is -0.751. The van der Waals surface area contributed by atoms with E-state index in [9.17, 15) is 26.4 Å². The van der Waals surface area contributed by atoms with Gasteiger partial charge >= 0.3 is 6.18 Å². The second kappa shape index (κ2) is 6.79. The molecule has 134 valence electrons. The van der Waals surface area contributed by atoms with Crippen LogP contribution in [-0.2, 0) is 16.0 Å². The van der Waals surface area contributed by atoms with Crippen LogP contribution in [0, 0.1) is 6.92 Å². The maximum Gasteiger partial charge on any atom is 0.417 e. The highest BCUT2D eigenvalue weighted by molar-refractivity contribution is 7.91. The summed E-state index contributed by atoms with van der Waals surface area (Å²) in [6, 6.07) is 3.05. The number of aromatic nitrogens is 2. The van der Waals surface area contributed by atoms with Crippen LogP contribution in [0.2, 0.25) is 0 Å². The van der Waals surface area contributed by atoms with Gasteiger partial charge in [0.25, 0.3) is 5.91 Å². The molecule has 0 fully saturated rings. The van der Waals surface area contributed by atoms with Crippen LogP contribution in [0.25, 0.3) is 0 Å². The van der Waals surface area contributed by atoms with E-state index in [1.54, 1.807) is 6.92 Å². The Hall–Kier alpha value is -2.49. The van der Waals surface area contributed by atoms with Crippen LogP contribution in [-0.4, -0.2) is 30.0 Å². The predicted molar refractivity (Wildman–Crippen MR) is 83.9 cm³/mol. The largest absolute Gasteiger partial charge is 0.417 e. The second-order valence-corrected chi connectivity index (χ2v) is 7.39. The molecule has 0 spiro atoms. The highest BCUT2D eigenvalue weighted by Gasteiger charge is 2.31. The molecule has 6 nitrogen and oxygen atoms in total. The van der Waals surface area contributed by atoms with Crippen molar-refractivity contribution in [3.05, 3.63) is 47.4 Å². The number of nitrogens with one attached hydrogen (secondary N) is 1. The third-order valence-corrected chi connectivity index (χ3v) is 4.99. The first kappa shape index (κ1) is 18.8. The van der Waals surface area contributed by atoms with Gasteiger partial charge in [0.05, 0.1) is 16.2 Å². The SMILES string of the molecule is CCS(=O)(=O)c1cc(C)cnc1C(=O)Nc1ccc(C(F)(F)F)cn1. The normalized spacial score (nSPS) is 12.0. The summed E-state index contributed by atoms with van der Waals surface area (Å²) < 4.78 is 61.8. The average molecular weight is 373 g/mol. The zero-order chi connectivity index (χ0) is 18.8. The summed E-state index contributed by atoms with van der Waals surface area (Å²) in [5, 5.41) is 2.25. The number of anilines is 1. The van der Waals surface area contributed by atoms with Crippen LogP contribution in [0.15, 0.2) is 35.5 Å². The van der Waals surface area contributed by atoms with Crippen LogP contribution in [0.3, 0.4) is 0 Å². The molecule has 2 rings (SSSR count). The fraction of sp³-hybridized carbons (Fsp3) is 0.267. The van der Waals surface area contributed by atoms with Crippen molar-refractivity contribution >= 4 is 21.6 Å². The van der Waals surface area contributed by atoms with E-state index in [1.165, 1.54) is 19.2 Å². The van der Waals surface area contributed by atoms with Crippen molar-refractivity contribution in [3.8, 4) is 0 Å². The van der Waals surface area contributed by atoms with E-state index < -0.39 is 27.5 Å². The molecule has 2 heterocycles. The van der Waals surface area contributed by atoms with Crippen molar-refractivity contribution in [2.75, 3.05) is 11.1 Å². The van der Waals surface area contributed by atoms with Crippen LogP contribution in [0.4, 0.5) is 19.0 Å². The van der Waals surface area contributed by atoms with Crippen LogP contribution < -0.4 is 5.32 Å². The molecule has 1 N–H and O–H groups in total. The van der Waals surface area contributed by atoms with Crippen molar-refractivity contribution in [2.24, 2.45) is 0 Å². The van der Waals surface area contributed by atoms with E-state index in [1.807, 2.05) is 0 Å². The van der Waals surface area contributed by atoms with Crippen molar-refractivity contribution in [1.29, 1.82) is 0 Å². The molecule has 25 heavy (non-hydrogen) atoms. The molecule has 0 saturated carbocycles. The van der Waals surface area contributed by atoms with Gasteiger partial charge in [0, 0.05) is 12.4 Å². The molecule has 0 aliphatic carbocycles. The fourth-order valence-electron chi connectivity index (χ4n) is 1.92. The monoisotopic (exact) mass is 373 g/mol. The zero-order valence-electron chi connectivity index (χ0n) is 13.3. The Morgan fingerprint density at radius 3 is 2.40 bits per heavy atom. The first-order valence-electron chi connectivity index (χ1n) is 7.08. The third kappa shape index (κ3) is 4.32. The second-order valence-electron chi connectivity index (χ2n) is 5.15. The van der Waals surface area contributed by atoms with Gasteiger partial charge in [-0.3, -0.25) is 4.79 Å². The smallest absolute Gasteiger partial charge is 0.305 e. The summed E-state index contributed by atoms with van der Waals surface area (Å²) in [5.74, 6) is -1.25. The van der Waals surface area contributed by atoms with Gasteiger partial charge in [0.2, 0.25) is 0 Å². The lowest BCUT2D eigenvalue weighted by atomic mass is 10.2. The minimum Gasteiger partial charge on any atom is -0.305 e. The highest BCUT2D eigenvalue weighted by Crippen LogP contribution is 2.29. The number of rotatable bonds is 4. The highest BCUT2D eigenvalue weighted by atomic mass is 32.2. The number of carbonyl (C=O) groups is 1. The standard InChI is InChI=1S/C15H14F3N3O3S/c1-3-25(23,24)11-6-9(2)7-20-13(11)14(22)21-12-5-4-10(8-19-12)15(16,17)18/h4-8H,3H2,1-2H3,(H,19,21,22). The van der Waals surface area contributed by atoms with Gasteiger partial charge in [-0.15, -0.1) is 0 Å². The number of hydrogen-bond donors (Lipinski definition) is 1. The molecule has 0 aliphatic heterocycles. The molecular formula is C15H14F3N3O3S. The van der Waals surface area contributed by atoms with Gasteiger partial charge in [0.1, 0.15) is 11.5 Å². The number of aryl methyl sites for hydroxylation is 1. The molecule has 10 heteroatoms. The molecule has 0 aromatic carbocycles. The Bertz CT molecular complexity index is 894. The Morgan fingerprint density at radius 2 is 1.88 bits per heavy atom. The van der Waals surface area contributed by atoms with Gasteiger partial charge in [0.15, 0.2) is 9.84 Å². The van der Waals surface area contributed by atoms with Gasteiger partial charge < -0.3 is 5.32 Å². The lowest BCUT2D eigenvalue weighted by molar-refractivity contribution is -0.137. The van der Waals surface area contributed by atoms with E-state index in [4.69, 9.17) is 0 Å². The van der Waals surface area contributed by atoms with E-state index in [0.717, 1.165) is 12.1 Å². The predicted octanol–water partition coefficient (Wildman–Crippen LogP) is 2.85. The Balaban J connectivity index is 2.33. The molecule has 2 aromatic heterocycles. The van der Waals surface area contributed by atoms with Crippen LogP contribution in [0.1, 0.15) is 28.5 Å². The minimum absolute atomic E-state index is 0.153. The molecule has 0 aliphatic rings. The van der Waals surface area contributed by atoms with E-state index in [-0.39, 0.29) is 22.2 Å². The van der Waals surface area contributed by atoms with Crippen molar-refractivity contribution in [2.45, 2.75) is 24.9 Å². The average Bonchev–Trinajstić information content (AvgIpc) is 2.54. The maximum atomic E-state index is 12.5. The first-order chi connectivity index (χ1) is 11.5. The molecule has 0 atom stereocenters. The Labute approximate surface area is 142 Å². The zero-order valence-corrected chi connectivity index (χ0v) is 14.1. The summed E-state index contributed by atoms with van der Waals surface area (Å²) in [6.45, 7) is 3.05. The van der Waals surface area contributed by atoms with Gasteiger partial charge in [-0.05, 0) is 30.7 Å². The maximum absolute atomic E-state index is 12.5. The Kier molecular flexibility index (Phi) is 5.12.